The number of hydrogen-bond donors (Lipinski definition) is 0. The van der Waals surface area contributed by atoms with E-state index in [2.05, 4.69) is 22.6 Å². The average Bonchev–Trinajstić information content (AvgIpc) is 3.05. The molecule has 3 rings (SSSR count). The van der Waals surface area contributed by atoms with E-state index in [4.69, 9.17) is 4.74 Å². The van der Waals surface area contributed by atoms with Gasteiger partial charge in [0.15, 0.2) is 0 Å². The second-order valence-electron chi connectivity index (χ2n) is 5.03. The summed E-state index contributed by atoms with van der Waals surface area (Å²) >= 11 is 3.79. The molecule has 2 aromatic carbocycles. The summed E-state index contributed by atoms with van der Waals surface area (Å²) in [6.45, 7) is 0.502. The van der Waals surface area contributed by atoms with E-state index in [1.54, 1.807) is 35.3 Å². The third kappa shape index (κ3) is 3.38. The summed E-state index contributed by atoms with van der Waals surface area (Å²) < 4.78 is 34.0. The van der Waals surface area contributed by atoms with Crippen LogP contribution in [0.5, 0.6) is 5.75 Å². The van der Waals surface area contributed by atoms with Crippen molar-refractivity contribution in [2.24, 2.45) is 0 Å². The maximum Gasteiger partial charge on any atom is 0.244 e. The number of thioether (sulfide) groups is 1. The molecule has 0 radical (unpaired) electrons. The number of rotatable bonds is 4. The molecule has 0 aliphatic carbocycles. The summed E-state index contributed by atoms with van der Waals surface area (Å²) in [5.74, 6) is 1.49. The topological polar surface area (TPSA) is 46.6 Å². The summed E-state index contributed by atoms with van der Waals surface area (Å²) in [7, 11) is -1.92. The molecule has 0 N–H and O–H groups in total. The molecule has 4 nitrogen and oxygen atoms in total. The van der Waals surface area contributed by atoms with Crippen LogP contribution in [0.3, 0.4) is 0 Å². The molecule has 0 aromatic heterocycles. The van der Waals surface area contributed by atoms with Gasteiger partial charge < -0.3 is 4.74 Å². The van der Waals surface area contributed by atoms with E-state index in [0.717, 1.165) is 20.6 Å². The van der Waals surface area contributed by atoms with Gasteiger partial charge >= 0.3 is 0 Å². The fourth-order valence-corrected chi connectivity index (χ4v) is 6.18. The van der Waals surface area contributed by atoms with Crippen molar-refractivity contribution in [3.05, 3.63) is 57.7 Å². The molecule has 1 fully saturated rings. The number of nitrogens with zero attached hydrogens (tertiary/aromatic N) is 1. The van der Waals surface area contributed by atoms with Gasteiger partial charge in [-0.3, -0.25) is 0 Å². The Hall–Kier alpha value is -0.770. The molecule has 23 heavy (non-hydrogen) atoms. The number of methoxy groups -OCH3 is 1. The molecule has 1 aliphatic rings. The highest BCUT2D eigenvalue weighted by molar-refractivity contribution is 14.1. The minimum absolute atomic E-state index is 0.254. The van der Waals surface area contributed by atoms with Crippen LogP contribution in [0.1, 0.15) is 10.9 Å². The Kier molecular flexibility index (Phi) is 5.19. The highest BCUT2D eigenvalue weighted by Gasteiger charge is 2.38. The summed E-state index contributed by atoms with van der Waals surface area (Å²) in [6, 6.07) is 14.6. The molecule has 1 aliphatic heterocycles. The first-order chi connectivity index (χ1) is 11.0. The lowest BCUT2D eigenvalue weighted by molar-refractivity contribution is 0.390. The summed E-state index contributed by atoms with van der Waals surface area (Å²) in [6.07, 6.45) is 0. The van der Waals surface area contributed by atoms with Crippen molar-refractivity contribution in [2.75, 3.05) is 19.4 Å². The molecule has 1 saturated heterocycles. The molecule has 122 valence electrons. The molecule has 1 atom stereocenters. The number of hydrogen-bond acceptors (Lipinski definition) is 4. The predicted molar refractivity (Wildman–Crippen MR) is 101 cm³/mol. The van der Waals surface area contributed by atoms with E-state index in [9.17, 15) is 8.42 Å². The van der Waals surface area contributed by atoms with Crippen molar-refractivity contribution in [3.8, 4) is 5.75 Å². The Bertz CT molecular complexity index is 793. The average molecular weight is 461 g/mol. The van der Waals surface area contributed by atoms with Crippen molar-refractivity contribution in [1.29, 1.82) is 0 Å². The Labute approximate surface area is 154 Å². The monoisotopic (exact) mass is 461 g/mol. The number of sulfonamides is 1. The highest BCUT2D eigenvalue weighted by atomic mass is 127. The van der Waals surface area contributed by atoms with Crippen LogP contribution in [0.15, 0.2) is 53.4 Å². The quantitative estimate of drug-likeness (QED) is 0.652. The van der Waals surface area contributed by atoms with Gasteiger partial charge in [-0.05, 0) is 52.9 Å². The van der Waals surface area contributed by atoms with Crippen LogP contribution < -0.4 is 4.74 Å². The van der Waals surface area contributed by atoms with Gasteiger partial charge in [-0.25, -0.2) is 8.42 Å². The van der Waals surface area contributed by atoms with Crippen molar-refractivity contribution in [3.63, 3.8) is 0 Å². The first-order valence-electron chi connectivity index (χ1n) is 7.06. The largest absolute Gasteiger partial charge is 0.496 e. The zero-order chi connectivity index (χ0) is 16.4. The van der Waals surface area contributed by atoms with Gasteiger partial charge in [0.1, 0.15) is 5.75 Å². The van der Waals surface area contributed by atoms with E-state index in [-0.39, 0.29) is 5.37 Å². The molecule has 0 unspecified atom stereocenters. The second-order valence-corrected chi connectivity index (χ2v) is 9.36. The minimum atomic E-state index is -3.52. The van der Waals surface area contributed by atoms with Crippen molar-refractivity contribution < 1.29 is 13.2 Å². The Morgan fingerprint density at radius 1 is 1.17 bits per heavy atom. The molecular formula is C16H16INO3S2. The lowest BCUT2D eigenvalue weighted by Crippen LogP contribution is -2.30. The maximum absolute atomic E-state index is 13.0. The lowest BCUT2D eigenvalue weighted by Gasteiger charge is -2.24. The zero-order valence-electron chi connectivity index (χ0n) is 12.5. The van der Waals surface area contributed by atoms with Gasteiger partial charge in [0.25, 0.3) is 0 Å². The molecular weight excluding hydrogens is 445 g/mol. The van der Waals surface area contributed by atoms with E-state index in [0.29, 0.717) is 11.4 Å². The van der Waals surface area contributed by atoms with E-state index in [1.165, 1.54) is 0 Å². The Morgan fingerprint density at radius 2 is 1.87 bits per heavy atom. The minimum Gasteiger partial charge on any atom is -0.496 e. The van der Waals surface area contributed by atoms with Gasteiger partial charge in [0.05, 0.1) is 17.4 Å². The van der Waals surface area contributed by atoms with E-state index < -0.39 is 10.0 Å². The van der Waals surface area contributed by atoms with Gasteiger partial charge in [0.2, 0.25) is 10.0 Å². The molecule has 0 amide bonds. The number of benzene rings is 2. The fraction of sp³-hybridized carbons (Fsp3) is 0.250. The van der Waals surface area contributed by atoms with Crippen molar-refractivity contribution in [1.82, 2.24) is 4.31 Å². The SMILES string of the molecule is COc1ccccc1[C@H]1SCCN1S(=O)(=O)c1ccc(I)cc1. The Morgan fingerprint density at radius 3 is 2.57 bits per heavy atom. The van der Waals surface area contributed by atoms with Crippen molar-refractivity contribution in [2.45, 2.75) is 10.3 Å². The smallest absolute Gasteiger partial charge is 0.244 e. The number of ether oxygens (including phenoxy) is 1. The zero-order valence-corrected chi connectivity index (χ0v) is 16.3. The lowest BCUT2D eigenvalue weighted by atomic mass is 10.2. The molecule has 0 spiro atoms. The van der Waals surface area contributed by atoms with Gasteiger partial charge in [-0.15, -0.1) is 11.8 Å². The normalized spacial score (nSPS) is 19.0. The number of para-hydroxylation sites is 1. The summed E-state index contributed by atoms with van der Waals surface area (Å²) in [5.41, 5.74) is 0.895. The molecule has 2 aromatic rings. The standard InChI is InChI=1S/C16H16INO3S2/c1-21-15-5-3-2-4-14(15)16-18(10-11-22-16)23(19,20)13-8-6-12(17)7-9-13/h2-9,16H,10-11H2,1H3/t16-/m1/s1. The molecule has 7 heteroatoms. The van der Waals surface area contributed by atoms with Gasteiger partial charge in [0, 0.05) is 21.4 Å². The van der Waals surface area contributed by atoms with Crippen LogP contribution >= 0.6 is 34.4 Å². The van der Waals surface area contributed by atoms with Crippen LogP contribution in [0, 0.1) is 3.57 Å². The van der Waals surface area contributed by atoms with Gasteiger partial charge in [-0.2, -0.15) is 4.31 Å². The summed E-state index contributed by atoms with van der Waals surface area (Å²) in [4.78, 5) is 0.334. The van der Waals surface area contributed by atoms with Crippen LogP contribution in [0.2, 0.25) is 0 Å². The molecule has 0 bridgehead atoms. The van der Waals surface area contributed by atoms with Crippen LogP contribution in [-0.2, 0) is 10.0 Å². The van der Waals surface area contributed by atoms with E-state index in [1.807, 2.05) is 36.4 Å². The van der Waals surface area contributed by atoms with Crippen LogP contribution in [-0.4, -0.2) is 32.1 Å². The van der Waals surface area contributed by atoms with Crippen molar-refractivity contribution >= 4 is 44.4 Å². The Balaban J connectivity index is 1.99. The third-order valence-corrected chi connectivity index (χ3v) is 7.65. The first kappa shape index (κ1) is 17.1. The first-order valence-corrected chi connectivity index (χ1v) is 10.6. The van der Waals surface area contributed by atoms with Crippen LogP contribution in [0.4, 0.5) is 0 Å². The third-order valence-electron chi connectivity index (χ3n) is 3.67. The van der Waals surface area contributed by atoms with Gasteiger partial charge in [-0.1, -0.05) is 18.2 Å². The number of halogens is 1. The fourth-order valence-electron chi connectivity index (χ4n) is 2.56. The molecule has 0 saturated carbocycles. The maximum atomic E-state index is 13.0. The summed E-state index contributed by atoms with van der Waals surface area (Å²) in [5, 5.41) is -0.254. The van der Waals surface area contributed by atoms with E-state index >= 15 is 0 Å². The second kappa shape index (κ2) is 7.00. The van der Waals surface area contributed by atoms with Crippen LogP contribution in [0.25, 0.3) is 0 Å². The highest BCUT2D eigenvalue weighted by Crippen LogP contribution is 2.44. The predicted octanol–water partition coefficient (Wildman–Crippen LogP) is 3.74. The molecule has 1 heterocycles.